The van der Waals surface area contributed by atoms with Gasteiger partial charge in [-0.2, -0.15) is 0 Å². The molecule has 2 atom stereocenters. The Morgan fingerprint density at radius 1 is 1.33 bits per heavy atom. The molecule has 0 bridgehead atoms. The van der Waals surface area contributed by atoms with E-state index in [2.05, 4.69) is 0 Å². The van der Waals surface area contributed by atoms with Gasteiger partial charge in [-0.15, -0.1) is 0 Å². The average molecular weight is 248 g/mol. The van der Waals surface area contributed by atoms with Gasteiger partial charge >= 0.3 is 0 Å². The van der Waals surface area contributed by atoms with Gasteiger partial charge in [0.05, 0.1) is 19.3 Å². The van der Waals surface area contributed by atoms with E-state index in [0.717, 1.165) is 5.56 Å². The first-order valence-corrected chi connectivity index (χ1v) is 6.14. The van der Waals surface area contributed by atoms with Crippen molar-refractivity contribution >= 4 is 6.29 Å². The topological polar surface area (TPSA) is 46.5 Å². The third-order valence-electron chi connectivity index (χ3n) is 2.74. The van der Waals surface area contributed by atoms with Gasteiger partial charge < -0.3 is 9.84 Å². The molecule has 0 aromatic heterocycles. The van der Waals surface area contributed by atoms with Crippen LogP contribution in [-0.4, -0.2) is 24.1 Å². The lowest BCUT2D eigenvalue weighted by Gasteiger charge is -2.17. The highest BCUT2D eigenvalue weighted by Crippen LogP contribution is 2.10. The number of aldehydes is 1. The quantitative estimate of drug-likeness (QED) is 0.567. The SMILES string of the molecule is C[C@@H](COCc1ccccc1)[C@@H](O)C/C=C/C=O. The van der Waals surface area contributed by atoms with Gasteiger partial charge in [0.25, 0.3) is 0 Å². The molecule has 98 valence electrons. The lowest BCUT2D eigenvalue weighted by molar-refractivity contribution is -0.104. The van der Waals surface area contributed by atoms with Crippen molar-refractivity contribution in [3.8, 4) is 0 Å². The van der Waals surface area contributed by atoms with Gasteiger partial charge in [-0.3, -0.25) is 4.79 Å². The maximum Gasteiger partial charge on any atom is 0.142 e. The number of ether oxygens (including phenoxy) is 1. The zero-order chi connectivity index (χ0) is 13.2. The lowest BCUT2D eigenvalue weighted by Crippen LogP contribution is -2.21. The summed E-state index contributed by atoms with van der Waals surface area (Å²) in [4.78, 5) is 10.1. The minimum atomic E-state index is -0.475. The molecule has 0 saturated carbocycles. The van der Waals surface area contributed by atoms with Crippen molar-refractivity contribution in [3.05, 3.63) is 48.0 Å². The van der Waals surface area contributed by atoms with Crippen LogP contribution in [0, 0.1) is 5.92 Å². The number of hydrogen-bond donors (Lipinski definition) is 1. The first kappa shape index (κ1) is 14.6. The maximum absolute atomic E-state index is 10.1. The van der Waals surface area contributed by atoms with E-state index in [1.807, 2.05) is 37.3 Å². The molecule has 0 amide bonds. The van der Waals surface area contributed by atoms with Crippen LogP contribution in [-0.2, 0) is 16.1 Å². The van der Waals surface area contributed by atoms with Gasteiger partial charge in [-0.25, -0.2) is 0 Å². The Morgan fingerprint density at radius 2 is 2.06 bits per heavy atom. The number of allylic oxidation sites excluding steroid dienone is 1. The molecular weight excluding hydrogens is 228 g/mol. The highest BCUT2D eigenvalue weighted by molar-refractivity contribution is 5.64. The highest BCUT2D eigenvalue weighted by atomic mass is 16.5. The van der Waals surface area contributed by atoms with Crippen LogP contribution in [0.2, 0.25) is 0 Å². The number of hydrogen-bond acceptors (Lipinski definition) is 3. The second-order valence-corrected chi connectivity index (χ2v) is 4.35. The number of aliphatic hydroxyl groups excluding tert-OH is 1. The first-order valence-electron chi connectivity index (χ1n) is 6.14. The summed E-state index contributed by atoms with van der Waals surface area (Å²) in [6.45, 7) is 3.00. The molecule has 0 heterocycles. The van der Waals surface area contributed by atoms with Crippen LogP contribution in [0.5, 0.6) is 0 Å². The van der Waals surface area contributed by atoms with Crippen LogP contribution in [0.25, 0.3) is 0 Å². The predicted octanol–water partition coefficient (Wildman–Crippen LogP) is 2.35. The van der Waals surface area contributed by atoms with E-state index in [9.17, 15) is 9.90 Å². The minimum absolute atomic E-state index is 0.0463. The molecule has 18 heavy (non-hydrogen) atoms. The zero-order valence-electron chi connectivity index (χ0n) is 10.7. The molecule has 0 aliphatic heterocycles. The summed E-state index contributed by atoms with van der Waals surface area (Å²) in [5.74, 6) is 0.0463. The molecule has 0 radical (unpaired) electrons. The van der Waals surface area contributed by atoms with E-state index in [1.54, 1.807) is 6.08 Å². The molecule has 0 unspecified atom stereocenters. The summed E-state index contributed by atoms with van der Waals surface area (Å²) < 4.78 is 5.56. The summed E-state index contributed by atoms with van der Waals surface area (Å²) in [6.07, 6.45) is 3.79. The molecule has 1 aromatic carbocycles. The molecule has 1 aromatic rings. The van der Waals surface area contributed by atoms with E-state index in [4.69, 9.17) is 4.74 Å². The van der Waals surface area contributed by atoms with Crippen LogP contribution in [0.3, 0.4) is 0 Å². The van der Waals surface area contributed by atoms with Gasteiger partial charge in [-0.05, 0) is 18.1 Å². The van der Waals surface area contributed by atoms with Crippen molar-refractivity contribution in [2.24, 2.45) is 5.92 Å². The largest absolute Gasteiger partial charge is 0.392 e. The molecule has 0 aliphatic carbocycles. The summed E-state index contributed by atoms with van der Waals surface area (Å²) in [5.41, 5.74) is 1.13. The first-order chi connectivity index (χ1) is 8.74. The van der Waals surface area contributed by atoms with Crippen molar-refractivity contribution in [3.63, 3.8) is 0 Å². The van der Waals surface area contributed by atoms with Gasteiger partial charge in [0, 0.05) is 5.92 Å². The van der Waals surface area contributed by atoms with Crippen LogP contribution in [0.4, 0.5) is 0 Å². The second-order valence-electron chi connectivity index (χ2n) is 4.35. The Labute approximate surface area is 108 Å². The Balaban J connectivity index is 2.22. The van der Waals surface area contributed by atoms with E-state index < -0.39 is 6.10 Å². The van der Waals surface area contributed by atoms with Crippen molar-refractivity contribution in [1.82, 2.24) is 0 Å². The van der Waals surface area contributed by atoms with Crippen LogP contribution < -0.4 is 0 Å². The Kier molecular flexibility index (Phi) is 6.99. The maximum atomic E-state index is 10.1. The monoisotopic (exact) mass is 248 g/mol. The Morgan fingerprint density at radius 3 is 2.72 bits per heavy atom. The number of benzene rings is 1. The average Bonchev–Trinajstić information content (AvgIpc) is 2.40. The van der Waals surface area contributed by atoms with Gasteiger partial charge in [0.1, 0.15) is 6.29 Å². The van der Waals surface area contributed by atoms with Gasteiger partial charge in [0.2, 0.25) is 0 Å². The third-order valence-corrected chi connectivity index (χ3v) is 2.74. The van der Waals surface area contributed by atoms with E-state index in [1.165, 1.54) is 6.08 Å². The van der Waals surface area contributed by atoms with Crippen LogP contribution in [0.1, 0.15) is 18.9 Å². The van der Waals surface area contributed by atoms with Crippen LogP contribution in [0.15, 0.2) is 42.5 Å². The third kappa shape index (κ3) is 5.75. The number of rotatable bonds is 8. The van der Waals surface area contributed by atoms with Crippen molar-refractivity contribution in [2.45, 2.75) is 26.1 Å². The normalized spacial score (nSPS) is 14.6. The highest BCUT2D eigenvalue weighted by Gasteiger charge is 2.12. The fraction of sp³-hybridized carbons (Fsp3) is 0.400. The molecule has 0 spiro atoms. The summed E-state index contributed by atoms with van der Waals surface area (Å²) in [6, 6.07) is 9.93. The molecule has 3 nitrogen and oxygen atoms in total. The fourth-order valence-corrected chi connectivity index (χ4v) is 1.55. The zero-order valence-corrected chi connectivity index (χ0v) is 10.7. The molecule has 1 N–H and O–H groups in total. The molecule has 0 saturated heterocycles. The van der Waals surface area contributed by atoms with Crippen molar-refractivity contribution in [1.29, 1.82) is 0 Å². The van der Waals surface area contributed by atoms with Crippen LogP contribution >= 0.6 is 0 Å². The standard InChI is InChI=1S/C15H20O3/c1-13(15(17)9-5-6-10-16)11-18-12-14-7-3-2-4-8-14/h2-8,10,13,15,17H,9,11-12H2,1H3/b6-5+/t13-,15-/m0/s1. The number of aliphatic hydroxyl groups is 1. The van der Waals surface area contributed by atoms with E-state index >= 15 is 0 Å². The molecule has 0 fully saturated rings. The smallest absolute Gasteiger partial charge is 0.142 e. The number of carbonyl (C=O) groups excluding carboxylic acids is 1. The fourth-order valence-electron chi connectivity index (χ4n) is 1.55. The molecule has 3 heteroatoms. The molecule has 0 aliphatic rings. The summed E-state index contributed by atoms with van der Waals surface area (Å²) in [5, 5.41) is 9.79. The van der Waals surface area contributed by atoms with Gasteiger partial charge in [-0.1, -0.05) is 43.3 Å². The van der Waals surface area contributed by atoms with Crippen molar-refractivity contribution in [2.75, 3.05) is 6.61 Å². The Hall–Kier alpha value is -1.45. The molecule has 1 rings (SSSR count). The summed E-state index contributed by atoms with van der Waals surface area (Å²) in [7, 11) is 0. The van der Waals surface area contributed by atoms with E-state index in [-0.39, 0.29) is 5.92 Å². The summed E-state index contributed by atoms with van der Waals surface area (Å²) >= 11 is 0. The number of carbonyl (C=O) groups is 1. The minimum Gasteiger partial charge on any atom is -0.392 e. The lowest BCUT2D eigenvalue weighted by atomic mass is 10.0. The van der Waals surface area contributed by atoms with E-state index in [0.29, 0.717) is 25.9 Å². The Bertz CT molecular complexity index is 359. The van der Waals surface area contributed by atoms with Crippen molar-refractivity contribution < 1.29 is 14.6 Å². The van der Waals surface area contributed by atoms with Gasteiger partial charge in [0.15, 0.2) is 0 Å². The second kappa shape index (κ2) is 8.61. The predicted molar refractivity (Wildman–Crippen MR) is 71.1 cm³/mol. The molecular formula is C15H20O3.